The van der Waals surface area contributed by atoms with Crippen LogP contribution in [-0.2, 0) is 0 Å². The Kier molecular flexibility index (Phi) is 6.85. The van der Waals surface area contributed by atoms with Gasteiger partial charge in [0.15, 0.2) is 23.2 Å². The number of halogens is 2. The fraction of sp³-hybridized carbons (Fsp3) is 0.348. The van der Waals surface area contributed by atoms with Crippen LogP contribution < -0.4 is 9.47 Å². The number of para-hydroxylation sites is 2. The molecule has 1 aromatic heterocycles. The van der Waals surface area contributed by atoms with Crippen LogP contribution in [0.3, 0.4) is 0 Å². The van der Waals surface area contributed by atoms with Crippen molar-refractivity contribution in [2.45, 2.75) is 32.7 Å². The highest BCUT2D eigenvalue weighted by atomic mass is 19.3. The van der Waals surface area contributed by atoms with Crippen LogP contribution in [0.5, 0.6) is 11.5 Å². The second-order valence-corrected chi connectivity index (χ2v) is 7.43. The Labute approximate surface area is 179 Å². The van der Waals surface area contributed by atoms with E-state index in [4.69, 9.17) is 9.47 Å². The molecule has 1 heterocycles. The van der Waals surface area contributed by atoms with Gasteiger partial charge < -0.3 is 9.47 Å². The highest BCUT2D eigenvalue weighted by Crippen LogP contribution is 2.33. The van der Waals surface area contributed by atoms with Crippen molar-refractivity contribution >= 4 is 16.8 Å². The Morgan fingerprint density at radius 3 is 2.58 bits per heavy atom. The predicted octanol–water partition coefficient (Wildman–Crippen LogP) is 5.35. The molecule has 3 aromatic rings. The van der Waals surface area contributed by atoms with E-state index in [0.29, 0.717) is 28.6 Å². The van der Waals surface area contributed by atoms with Crippen LogP contribution in [0.25, 0.3) is 11.0 Å². The third-order valence-electron chi connectivity index (χ3n) is 4.87. The van der Waals surface area contributed by atoms with Gasteiger partial charge in [0.2, 0.25) is 0 Å². The number of benzene rings is 2. The van der Waals surface area contributed by atoms with Gasteiger partial charge >= 0.3 is 6.55 Å². The van der Waals surface area contributed by atoms with Crippen LogP contribution in [0, 0.1) is 17.2 Å². The third kappa shape index (κ3) is 4.66. The monoisotopic (exact) mass is 427 g/mol. The summed E-state index contributed by atoms with van der Waals surface area (Å²) in [5.41, 5.74) is 0.594. The lowest BCUT2D eigenvalue weighted by atomic mass is 9.97. The summed E-state index contributed by atoms with van der Waals surface area (Å²) in [6.07, 6.45) is 0.851. The number of nitriles is 1. The first kappa shape index (κ1) is 22.2. The summed E-state index contributed by atoms with van der Waals surface area (Å²) < 4.78 is 39.2. The summed E-state index contributed by atoms with van der Waals surface area (Å²) in [6, 6.07) is 12.6. The Balaban J connectivity index is 1.95. The highest BCUT2D eigenvalue weighted by Gasteiger charge is 2.31. The SMILES string of the molecule is COc1cc(C(=O)C(C#N)c2nc3ccccc3n2C(F)F)ccc1OCCC(C)C. The number of Topliss-reactive ketones (excluding diaryl/α,β-unsaturated/α-hetero) is 1. The van der Waals surface area contributed by atoms with Crippen LogP contribution in [-0.4, -0.2) is 29.1 Å². The van der Waals surface area contributed by atoms with Crippen molar-refractivity contribution in [3.05, 3.63) is 53.9 Å². The molecule has 0 N–H and O–H groups in total. The topological polar surface area (TPSA) is 77.1 Å². The molecular formula is C23H23F2N3O3. The number of ether oxygens (including phenoxy) is 2. The summed E-state index contributed by atoms with van der Waals surface area (Å²) in [4.78, 5) is 17.2. The summed E-state index contributed by atoms with van der Waals surface area (Å²) in [5, 5.41) is 9.67. The standard InChI is InChI=1S/C23H23F2N3O3/c1-14(2)10-11-31-19-9-8-15(12-20(19)30-3)21(29)16(13-26)22-27-17-6-4-5-7-18(17)28(22)23(24)25/h4-9,12,14,16,23H,10-11H2,1-3H3. The number of ketones is 1. The average Bonchev–Trinajstić information content (AvgIpc) is 3.13. The summed E-state index contributed by atoms with van der Waals surface area (Å²) in [6.45, 7) is 1.70. The van der Waals surface area contributed by atoms with E-state index < -0.39 is 18.3 Å². The van der Waals surface area contributed by atoms with Crippen molar-refractivity contribution in [1.82, 2.24) is 9.55 Å². The van der Waals surface area contributed by atoms with Crippen molar-refractivity contribution in [3.63, 3.8) is 0 Å². The lowest BCUT2D eigenvalue weighted by Gasteiger charge is -2.14. The molecule has 1 unspecified atom stereocenters. The summed E-state index contributed by atoms with van der Waals surface area (Å²) in [5.74, 6) is -1.18. The van der Waals surface area contributed by atoms with E-state index >= 15 is 0 Å². The maximum atomic E-state index is 13.8. The molecular weight excluding hydrogens is 404 g/mol. The number of aromatic nitrogens is 2. The normalized spacial score (nSPS) is 12.2. The summed E-state index contributed by atoms with van der Waals surface area (Å²) in [7, 11) is 1.44. The maximum absolute atomic E-state index is 13.8. The first-order valence-corrected chi connectivity index (χ1v) is 9.87. The summed E-state index contributed by atoms with van der Waals surface area (Å²) >= 11 is 0. The van der Waals surface area contributed by atoms with Gasteiger partial charge in [0, 0.05) is 5.56 Å². The van der Waals surface area contributed by atoms with E-state index in [9.17, 15) is 18.8 Å². The van der Waals surface area contributed by atoms with Gasteiger partial charge in [-0.25, -0.2) is 4.98 Å². The van der Waals surface area contributed by atoms with Crippen molar-refractivity contribution in [3.8, 4) is 17.6 Å². The number of hydrogen-bond donors (Lipinski definition) is 0. The second-order valence-electron chi connectivity index (χ2n) is 7.43. The number of hydrogen-bond acceptors (Lipinski definition) is 5. The van der Waals surface area contributed by atoms with E-state index in [0.717, 1.165) is 6.42 Å². The maximum Gasteiger partial charge on any atom is 0.320 e. The average molecular weight is 427 g/mol. The molecule has 2 aromatic carbocycles. The smallest absolute Gasteiger partial charge is 0.320 e. The van der Waals surface area contributed by atoms with Gasteiger partial charge in [-0.3, -0.25) is 9.36 Å². The molecule has 1 atom stereocenters. The number of rotatable bonds is 9. The lowest BCUT2D eigenvalue weighted by molar-refractivity contribution is 0.0701. The molecule has 0 aliphatic carbocycles. The molecule has 8 heteroatoms. The van der Waals surface area contributed by atoms with Crippen LogP contribution in [0.2, 0.25) is 0 Å². The molecule has 31 heavy (non-hydrogen) atoms. The van der Waals surface area contributed by atoms with Crippen molar-refractivity contribution in [1.29, 1.82) is 5.26 Å². The van der Waals surface area contributed by atoms with E-state index in [-0.39, 0.29) is 22.4 Å². The number of carbonyl (C=O) groups is 1. The first-order valence-electron chi connectivity index (χ1n) is 9.87. The van der Waals surface area contributed by atoms with E-state index in [1.165, 1.54) is 25.3 Å². The minimum absolute atomic E-state index is 0.146. The first-order chi connectivity index (χ1) is 14.9. The van der Waals surface area contributed by atoms with Gasteiger partial charge in [0.1, 0.15) is 5.82 Å². The lowest BCUT2D eigenvalue weighted by Crippen LogP contribution is -2.17. The van der Waals surface area contributed by atoms with E-state index in [2.05, 4.69) is 18.8 Å². The van der Waals surface area contributed by atoms with Gasteiger partial charge in [0.05, 0.1) is 30.8 Å². The zero-order valence-corrected chi connectivity index (χ0v) is 17.5. The minimum Gasteiger partial charge on any atom is -0.493 e. The number of alkyl halides is 2. The Morgan fingerprint density at radius 2 is 1.94 bits per heavy atom. The number of imidazole rings is 1. The number of nitrogens with zero attached hydrogens (tertiary/aromatic N) is 3. The molecule has 0 bridgehead atoms. The van der Waals surface area contributed by atoms with Crippen LogP contribution in [0.1, 0.15) is 48.9 Å². The number of fused-ring (bicyclic) bond motifs is 1. The molecule has 0 saturated heterocycles. The van der Waals surface area contributed by atoms with Gasteiger partial charge in [-0.05, 0) is 42.7 Å². The molecule has 0 aliphatic heterocycles. The fourth-order valence-electron chi connectivity index (χ4n) is 3.22. The number of carbonyl (C=O) groups excluding carboxylic acids is 1. The fourth-order valence-corrected chi connectivity index (χ4v) is 3.22. The molecule has 0 saturated carbocycles. The van der Waals surface area contributed by atoms with Crippen molar-refractivity contribution < 1.29 is 23.0 Å². The van der Waals surface area contributed by atoms with Crippen LogP contribution in [0.15, 0.2) is 42.5 Å². The Morgan fingerprint density at radius 1 is 1.19 bits per heavy atom. The van der Waals surface area contributed by atoms with Gasteiger partial charge in [-0.1, -0.05) is 26.0 Å². The van der Waals surface area contributed by atoms with E-state index in [1.807, 2.05) is 6.07 Å². The zero-order chi connectivity index (χ0) is 22.5. The predicted molar refractivity (Wildman–Crippen MR) is 112 cm³/mol. The largest absolute Gasteiger partial charge is 0.493 e. The van der Waals surface area contributed by atoms with Crippen LogP contribution >= 0.6 is 0 Å². The molecule has 162 valence electrons. The molecule has 0 spiro atoms. The highest BCUT2D eigenvalue weighted by molar-refractivity contribution is 6.03. The zero-order valence-electron chi connectivity index (χ0n) is 17.5. The molecule has 0 radical (unpaired) electrons. The molecule has 3 rings (SSSR count). The van der Waals surface area contributed by atoms with Crippen molar-refractivity contribution in [2.24, 2.45) is 5.92 Å². The van der Waals surface area contributed by atoms with Crippen molar-refractivity contribution in [2.75, 3.05) is 13.7 Å². The molecule has 0 fully saturated rings. The molecule has 0 amide bonds. The second kappa shape index (κ2) is 9.56. The molecule has 0 aliphatic rings. The third-order valence-corrected chi connectivity index (χ3v) is 4.87. The Hall–Kier alpha value is -3.47. The minimum atomic E-state index is -2.95. The Bertz CT molecular complexity index is 1120. The number of methoxy groups -OCH3 is 1. The van der Waals surface area contributed by atoms with Gasteiger partial charge in [-0.15, -0.1) is 0 Å². The van der Waals surface area contributed by atoms with Gasteiger partial charge in [0.25, 0.3) is 0 Å². The quantitative estimate of drug-likeness (QED) is 0.430. The van der Waals surface area contributed by atoms with E-state index in [1.54, 1.807) is 24.3 Å². The van der Waals surface area contributed by atoms with Crippen LogP contribution in [0.4, 0.5) is 8.78 Å². The molecule has 6 nitrogen and oxygen atoms in total. The van der Waals surface area contributed by atoms with Gasteiger partial charge in [-0.2, -0.15) is 14.0 Å².